The number of amides is 1. The van der Waals surface area contributed by atoms with Crippen LogP contribution in [0.5, 0.6) is 0 Å². The topological polar surface area (TPSA) is 53.2 Å². The van der Waals surface area contributed by atoms with Crippen LogP contribution >= 0.6 is 11.6 Å². The van der Waals surface area contributed by atoms with Gasteiger partial charge < -0.3 is 16.0 Å². The fourth-order valence-electron chi connectivity index (χ4n) is 2.13. The fourth-order valence-corrected chi connectivity index (χ4v) is 2.33. The average Bonchev–Trinajstić information content (AvgIpc) is 2.41. The first-order valence-electron chi connectivity index (χ1n) is 6.19. The summed E-state index contributed by atoms with van der Waals surface area (Å²) in [6.07, 6.45) is 2.19. The lowest BCUT2D eigenvalue weighted by atomic mass is 10.1. The first-order chi connectivity index (χ1) is 8.70. The van der Waals surface area contributed by atoms with Crippen molar-refractivity contribution in [2.24, 2.45) is 0 Å². The molecule has 1 aromatic carbocycles. The summed E-state index contributed by atoms with van der Waals surface area (Å²) < 4.78 is 0. The number of benzene rings is 1. The molecule has 0 unspecified atom stereocenters. The Hall–Kier alpha value is -1.26. The zero-order chi connectivity index (χ0) is 13.0. The molecule has 0 radical (unpaired) electrons. The van der Waals surface area contributed by atoms with Gasteiger partial charge in [-0.25, -0.2) is 0 Å². The van der Waals surface area contributed by atoms with Crippen LogP contribution in [0.3, 0.4) is 0 Å². The summed E-state index contributed by atoms with van der Waals surface area (Å²) >= 11 is 6.01. The molecule has 4 nitrogen and oxygen atoms in total. The second kappa shape index (κ2) is 6.07. The van der Waals surface area contributed by atoms with Crippen LogP contribution in [-0.2, 0) is 0 Å². The fraction of sp³-hybridized carbons (Fsp3) is 0.462. The number of hydrogen-bond acceptors (Lipinski definition) is 3. The third kappa shape index (κ3) is 3.15. The van der Waals surface area contributed by atoms with Crippen LogP contribution < -0.4 is 16.0 Å². The van der Waals surface area contributed by atoms with Crippen molar-refractivity contribution in [1.29, 1.82) is 0 Å². The van der Waals surface area contributed by atoms with E-state index >= 15 is 0 Å². The van der Waals surface area contributed by atoms with Crippen LogP contribution in [-0.4, -0.2) is 32.1 Å². The van der Waals surface area contributed by atoms with E-state index in [9.17, 15) is 4.79 Å². The lowest BCUT2D eigenvalue weighted by Gasteiger charge is -2.25. The predicted molar refractivity (Wildman–Crippen MR) is 74.4 cm³/mol. The van der Waals surface area contributed by atoms with Gasteiger partial charge in [-0.2, -0.15) is 0 Å². The largest absolute Gasteiger partial charge is 0.382 e. The number of carbonyl (C=O) groups is 1. The minimum atomic E-state index is -0.158. The van der Waals surface area contributed by atoms with Gasteiger partial charge in [0.2, 0.25) is 0 Å². The van der Waals surface area contributed by atoms with Gasteiger partial charge in [0.25, 0.3) is 5.91 Å². The van der Waals surface area contributed by atoms with Crippen LogP contribution in [0.1, 0.15) is 23.2 Å². The van der Waals surface area contributed by atoms with Crippen molar-refractivity contribution in [3.63, 3.8) is 0 Å². The molecule has 98 valence electrons. The normalized spacial score (nSPS) is 16.3. The first kappa shape index (κ1) is 13.2. The lowest BCUT2D eigenvalue weighted by Crippen LogP contribution is -2.35. The van der Waals surface area contributed by atoms with Gasteiger partial charge in [-0.05, 0) is 44.1 Å². The molecule has 0 saturated carbocycles. The van der Waals surface area contributed by atoms with Gasteiger partial charge in [-0.1, -0.05) is 11.6 Å². The van der Waals surface area contributed by atoms with E-state index in [-0.39, 0.29) is 5.91 Å². The Bertz CT molecular complexity index is 430. The van der Waals surface area contributed by atoms with Crippen LogP contribution in [0, 0.1) is 0 Å². The Labute approximate surface area is 112 Å². The molecule has 1 aliphatic heterocycles. The molecule has 18 heavy (non-hydrogen) atoms. The highest BCUT2D eigenvalue weighted by atomic mass is 35.5. The molecule has 3 N–H and O–H groups in total. The summed E-state index contributed by atoms with van der Waals surface area (Å²) in [7, 11) is 1.60. The van der Waals surface area contributed by atoms with Gasteiger partial charge in [0.1, 0.15) is 0 Å². The number of rotatable bonds is 3. The van der Waals surface area contributed by atoms with Crippen LogP contribution in [0.2, 0.25) is 5.02 Å². The molecule has 1 aromatic rings. The summed E-state index contributed by atoms with van der Waals surface area (Å²) in [5, 5.41) is 9.84. The Balaban J connectivity index is 2.11. The predicted octanol–water partition coefficient (Wildman–Crippen LogP) is 1.86. The Morgan fingerprint density at radius 3 is 2.78 bits per heavy atom. The van der Waals surface area contributed by atoms with Crippen LogP contribution in [0.25, 0.3) is 0 Å². The molecule has 0 aromatic heterocycles. The number of hydrogen-bond donors (Lipinski definition) is 3. The van der Waals surface area contributed by atoms with E-state index in [1.165, 1.54) is 0 Å². The zero-order valence-electron chi connectivity index (χ0n) is 10.4. The third-order valence-corrected chi connectivity index (χ3v) is 3.48. The highest BCUT2D eigenvalue weighted by molar-refractivity contribution is 6.34. The van der Waals surface area contributed by atoms with Crippen molar-refractivity contribution in [3.8, 4) is 0 Å². The standard InChI is InChI=1S/C13H18ClN3O/c1-15-13(18)11-8-10(2-3-12(11)14)17-9-4-6-16-7-5-9/h2-3,8-9,16-17H,4-7H2,1H3,(H,15,18). The van der Waals surface area contributed by atoms with Gasteiger partial charge in [0, 0.05) is 18.8 Å². The zero-order valence-corrected chi connectivity index (χ0v) is 11.2. The molecule has 0 atom stereocenters. The van der Waals surface area contributed by atoms with E-state index in [1.807, 2.05) is 12.1 Å². The minimum Gasteiger partial charge on any atom is -0.382 e. The second-order valence-electron chi connectivity index (χ2n) is 4.44. The molecule has 0 bridgehead atoms. The van der Waals surface area contributed by atoms with Crippen molar-refractivity contribution in [2.75, 3.05) is 25.5 Å². The van der Waals surface area contributed by atoms with Crippen molar-refractivity contribution < 1.29 is 4.79 Å². The third-order valence-electron chi connectivity index (χ3n) is 3.15. The highest BCUT2D eigenvalue weighted by Gasteiger charge is 2.14. The van der Waals surface area contributed by atoms with Crippen LogP contribution in [0.15, 0.2) is 18.2 Å². The molecule has 5 heteroatoms. The van der Waals surface area contributed by atoms with Gasteiger partial charge >= 0.3 is 0 Å². The molecule has 1 saturated heterocycles. The number of carbonyl (C=O) groups excluding carboxylic acids is 1. The first-order valence-corrected chi connectivity index (χ1v) is 6.57. The number of halogens is 1. The number of piperidine rings is 1. The van der Waals surface area contributed by atoms with Gasteiger partial charge in [-0.15, -0.1) is 0 Å². The van der Waals surface area contributed by atoms with Crippen molar-refractivity contribution in [1.82, 2.24) is 10.6 Å². The smallest absolute Gasteiger partial charge is 0.252 e. The van der Waals surface area contributed by atoms with Crippen LogP contribution in [0.4, 0.5) is 5.69 Å². The molecular formula is C13H18ClN3O. The van der Waals surface area contributed by atoms with Gasteiger partial charge in [0.15, 0.2) is 0 Å². The SMILES string of the molecule is CNC(=O)c1cc(NC2CCNCC2)ccc1Cl. The van der Waals surface area contributed by atoms with Crippen molar-refractivity contribution >= 4 is 23.2 Å². The molecule has 0 spiro atoms. The molecule has 1 fully saturated rings. The van der Waals surface area contributed by atoms with E-state index in [0.717, 1.165) is 31.6 Å². The molecule has 2 rings (SSSR count). The quantitative estimate of drug-likeness (QED) is 0.784. The summed E-state index contributed by atoms with van der Waals surface area (Å²) in [4.78, 5) is 11.6. The molecule has 1 heterocycles. The number of anilines is 1. The molecule has 0 aliphatic carbocycles. The highest BCUT2D eigenvalue weighted by Crippen LogP contribution is 2.22. The van der Waals surface area contributed by atoms with Crippen molar-refractivity contribution in [2.45, 2.75) is 18.9 Å². The Kier molecular flexibility index (Phi) is 4.44. The monoisotopic (exact) mass is 267 g/mol. The maximum absolute atomic E-state index is 11.6. The lowest BCUT2D eigenvalue weighted by molar-refractivity contribution is 0.0963. The Morgan fingerprint density at radius 1 is 1.39 bits per heavy atom. The van der Waals surface area contributed by atoms with E-state index < -0.39 is 0 Å². The molecule has 1 aliphatic rings. The summed E-state index contributed by atoms with van der Waals surface area (Å²) in [6.45, 7) is 2.07. The molecule has 1 amide bonds. The van der Waals surface area contributed by atoms with E-state index in [4.69, 9.17) is 11.6 Å². The summed E-state index contributed by atoms with van der Waals surface area (Å²) in [6, 6.07) is 5.94. The van der Waals surface area contributed by atoms with E-state index in [0.29, 0.717) is 16.6 Å². The maximum atomic E-state index is 11.6. The second-order valence-corrected chi connectivity index (χ2v) is 4.85. The van der Waals surface area contributed by atoms with Gasteiger partial charge in [0.05, 0.1) is 10.6 Å². The minimum absolute atomic E-state index is 0.158. The number of nitrogens with one attached hydrogen (secondary N) is 3. The Morgan fingerprint density at radius 2 is 2.11 bits per heavy atom. The van der Waals surface area contributed by atoms with E-state index in [2.05, 4.69) is 16.0 Å². The summed E-state index contributed by atoms with van der Waals surface area (Å²) in [5.74, 6) is -0.158. The molecular weight excluding hydrogens is 250 g/mol. The maximum Gasteiger partial charge on any atom is 0.252 e. The average molecular weight is 268 g/mol. The van der Waals surface area contributed by atoms with E-state index in [1.54, 1.807) is 13.1 Å². The summed E-state index contributed by atoms with van der Waals surface area (Å²) in [5.41, 5.74) is 1.46. The van der Waals surface area contributed by atoms with Crippen molar-refractivity contribution in [3.05, 3.63) is 28.8 Å². The van der Waals surface area contributed by atoms with Gasteiger partial charge in [-0.3, -0.25) is 4.79 Å².